The highest BCUT2D eigenvalue weighted by Gasteiger charge is 2.23. The summed E-state index contributed by atoms with van der Waals surface area (Å²) in [5.41, 5.74) is 0. The van der Waals surface area contributed by atoms with Crippen LogP contribution in [0.3, 0.4) is 0 Å². The zero-order valence-corrected chi connectivity index (χ0v) is 10.6. The first kappa shape index (κ1) is 12.8. The summed E-state index contributed by atoms with van der Waals surface area (Å²) in [5.74, 6) is -0.165. The van der Waals surface area contributed by atoms with Crippen molar-refractivity contribution < 1.29 is 9.53 Å². The predicted molar refractivity (Wildman–Crippen MR) is 64.2 cm³/mol. The highest BCUT2D eigenvalue weighted by atomic mass is 32.2. The van der Waals surface area contributed by atoms with Crippen LogP contribution in [0.2, 0.25) is 0 Å². The normalized spacial score (nSPS) is 28.5. The summed E-state index contributed by atoms with van der Waals surface area (Å²) >= 11 is 1.96. The molecule has 0 aliphatic heterocycles. The molecule has 0 aromatic heterocycles. The van der Waals surface area contributed by atoms with Gasteiger partial charge in [-0.1, -0.05) is 0 Å². The fraction of sp³-hybridized carbons (Fsp3) is 0.909. The molecule has 0 amide bonds. The maximum absolute atomic E-state index is 11.2. The highest BCUT2D eigenvalue weighted by Crippen LogP contribution is 2.26. The maximum Gasteiger partial charge on any atom is 0.322 e. The van der Waals surface area contributed by atoms with Crippen LogP contribution in [0.5, 0.6) is 0 Å². The number of hydrogen-bond donors (Lipinski definition) is 1. The lowest BCUT2D eigenvalue weighted by Crippen LogP contribution is -2.43. The molecule has 1 rings (SSSR count). The third-order valence-corrected chi connectivity index (χ3v) is 4.19. The van der Waals surface area contributed by atoms with Crippen LogP contribution in [0.25, 0.3) is 0 Å². The van der Waals surface area contributed by atoms with E-state index in [1.54, 1.807) is 0 Å². The van der Waals surface area contributed by atoms with Gasteiger partial charge in [-0.25, -0.2) is 0 Å². The van der Waals surface area contributed by atoms with Gasteiger partial charge in [0.25, 0.3) is 0 Å². The molecule has 88 valence electrons. The molecule has 0 aromatic carbocycles. The first-order valence-corrected chi connectivity index (χ1v) is 6.82. The molecule has 1 fully saturated rings. The number of carbonyl (C=O) groups is 1. The largest absolute Gasteiger partial charge is 0.468 e. The van der Waals surface area contributed by atoms with Crippen LogP contribution in [0, 0.1) is 0 Å². The van der Waals surface area contributed by atoms with Crippen LogP contribution in [-0.2, 0) is 9.53 Å². The second-order valence-electron chi connectivity index (χ2n) is 4.12. The number of methoxy groups -OCH3 is 1. The van der Waals surface area contributed by atoms with Gasteiger partial charge in [-0.05, 0) is 38.9 Å². The second kappa shape index (κ2) is 6.38. The quantitative estimate of drug-likeness (QED) is 0.749. The van der Waals surface area contributed by atoms with Gasteiger partial charge in [0.15, 0.2) is 0 Å². The SMILES string of the molecule is COC(=O)C(C)NC1CCC(SC)CC1. The zero-order chi connectivity index (χ0) is 11.3. The minimum atomic E-state index is -0.175. The van der Waals surface area contributed by atoms with Crippen molar-refractivity contribution >= 4 is 17.7 Å². The van der Waals surface area contributed by atoms with Crippen molar-refractivity contribution in [1.29, 1.82) is 0 Å². The van der Waals surface area contributed by atoms with E-state index < -0.39 is 0 Å². The Labute approximate surface area is 96.3 Å². The highest BCUT2D eigenvalue weighted by molar-refractivity contribution is 7.99. The predicted octanol–water partition coefficient (Wildman–Crippen LogP) is 1.81. The van der Waals surface area contributed by atoms with Crippen molar-refractivity contribution in [3.8, 4) is 0 Å². The first-order chi connectivity index (χ1) is 7.17. The van der Waals surface area contributed by atoms with Gasteiger partial charge in [-0.3, -0.25) is 4.79 Å². The molecule has 0 heterocycles. The molecule has 15 heavy (non-hydrogen) atoms. The molecule has 1 saturated carbocycles. The second-order valence-corrected chi connectivity index (χ2v) is 5.26. The Morgan fingerprint density at radius 3 is 2.47 bits per heavy atom. The van der Waals surface area contributed by atoms with E-state index in [4.69, 9.17) is 4.74 Å². The lowest BCUT2D eigenvalue weighted by molar-refractivity contribution is -0.142. The van der Waals surface area contributed by atoms with Gasteiger partial charge in [0.2, 0.25) is 0 Å². The van der Waals surface area contributed by atoms with E-state index >= 15 is 0 Å². The molecule has 0 aromatic rings. The van der Waals surface area contributed by atoms with Gasteiger partial charge >= 0.3 is 5.97 Å². The molecule has 4 heteroatoms. The summed E-state index contributed by atoms with van der Waals surface area (Å²) in [6, 6.07) is 0.313. The van der Waals surface area contributed by atoms with E-state index in [1.165, 1.54) is 32.8 Å². The number of esters is 1. The molecule has 1 aliphatic rings. The van der Waals surface area contributed by atoms with Crippen LogP contribution in [0.4, 0.5) is 0 Å². The third kappa shape index (κ3) is 4.03. The number of nitrogens with one attached hydrogen (secondary N) is 1. The third-order valence-electron chi connectivity index (χ3n) is 3.05. The Bertz CT molecular complexity index is 203. The van der Waals surface area contributed by atoms with E-state index in [2.05, 4.69) is 11.6 Å². The average molecular weight is 231 g/mol. The van der Waals surface area contributed by atoms with Crippen molar-refractivity contribution in [2.45, 2.75) is 49.9 Å². The summed E-state index contributed by atoms with van der Waals surface area (Å²) in [5, 5.41) is 4.15. The summed E-state index contributed by atoms with van der Waals surface area (Å²) in [4.78, 5) is 11.2. The number of rotatable bonds is 4. The molecule has 1 unspecified atom stereocenters. The van der Waals surface area contributed by atoms with E-state index in [0.717, 1.165) is 5.25 Å². The van der Waals surface area contributed by atoms with E-state index in [-0.39, 0.29) is 12.0 Å². The van der Waals surface area contributed by atoms with E-state index in [0.29, 0.717) is 6.04 Å². The monoisotopic (exact) mass is 231 g/mol. The van der Waals surface area contributed by atoms with Gasteiger partial charge in [0, 0.05) is 11.3 Å². The maximum atomic E-state index is 11.2. The molecule has 0 bridgehead atoms. The van der Waals surface area contributed by atoms with Crippen LogP contribution in [-0.4, -0.2) is 36.7 Å². The molecule has 3 nitrogen and oxygen atoms in total. The van der Waals surface area contributed by atoms with Crippen molar-refractivity contribution in [2.24, 2.45) is 0 Å². The Hall–Kier alpha value is -0.220. The number of hydrogen-bond acceptors (Lipinski definition) is 4. The van der Waals surface area contributed by atoms with Crippen molar-refractivity contribution in [3.05, 3.63) is 0 Å². The number of carbonyl (C=O) groups excluding carboxylic acids is 1. The minimum absolute atomic E-state index is 0.165. The number of thioether (sulfide) groups is 1. The molecule has 0 saturated heterocycles. The zero-order valence-electron chi connectivity index (χ0n) is 9.79. The van der Waals surface area contributed by atoms with Crippen molar-refractivity contribution in [3.63, 3.8) is 0 Å². The first-order valence-electron chi connectivity index (χ1n) is 5.54. The fourth-order valence-corrected chi connectivity index (χ4v) is 2.81. The summed E-state index contributed by atoms with van der Waals surface area (Å²) in [6.07, 6.45) is 7.04. The fourth-order valence-electron chi connectivity index (χ4n) is 2.06. The lowest BCUT2D eigenvalue weighted by atomic mass is 9.94. The number of ether oxygens (including phenoxy) is 1. The summed E-state index contributed by atoms with van der Waals surface area (Å²) in [6.45, 7) is 1.87. The Morgan fingerprint density at radius 1 is 1.40 bits per heavy atom. The van der Waals surface area contributed by atoms with E-state index in [1.807, 2.05) is 18.7 Å². The molecule has 0 radical (unpaired) electrons. The lowest BCUT2D eigenvalue weighted by Gasteiger charge is -2.29. The van der Waals surface area contributed by atoms with Gasteiger partial charge in [0.1, 0.15) is 6.04 Å². The van der Waals surface area contributed by atoms with Crippen molar-refractivity contribution in [1.82, 2.24) is 5.32 Å². The van der Waals surface area contributed by atoms with Crippen LogP contribution in [0.15, 0.2) is 0 Å². The van der Waals surface area contributed by atoms with Crippen LogP contribution < -0.4 is 5.32 Å². The Morgan fingerprint density at radius 2 is 2.00 bits per heavy atom. The summed E-state index contributed by atoms with van der Waals surface area (Å²) in [7, 11) is 1.44. The minimum Gasteiger partial charge on any atom is -0.468 e. The van der Waals surface area contributed by atoms with Crippen LogP contribution in [0.1, 0.15) is 32.6 Å². The topological polar surface area (TPSA) is 38.3 Å². The van der Waals surface area contributed by atoms with Gasteiger partial charge in [-0.2, -0.15) is 11.8 Å². The Kier molecular flexibility index (Phi) is 5.47. The molecule has 0 spiro atoms. The molecule has 1 atom stereocenters. The van der Waals surface area contributed by atoms with E-state index in [9.17, 15) is 4.79 Å². The van der Waals surface area contributed by atoms with Gasteiger partial charge in [-0.15, -0.1) is 0 Å². The molecule has 1 aliphatic carbocycles. The van der Waals surface area contributed by atoms with Crippen molar-refractivity contribution in [2.75, 3.05) is 13.4 Å². The molecular weight excluding hydrogens is 210 g/mol. The molecular formula is C11H21NO2S. The van der Waals surface area contributed by atoms with Gasteiger partial charge in [0.05, 0.1) is 7.11 Å². The summed E-state index contributed by atoms with van der Waals surface area (Å²) < 4.78 is 4.69. The van der Waals surface area contributed by atoms with Gasteiger partial charge < -0.3 is 10.1 Å². The standard InChI is InChI=1S/C11H21NO2S/c1-8(11(13)14-2)12-9-4-6-10(15-3)7-5-9/h8-10,12H,4-7H2,1-3H3. The van der Waals surface area contributed by atoms with Crippen LogP contribution >= 0.6 is 11.8 Å². The smallest absolute Gasteiger partial charge is 0.322 e. The molecule has 1 N–H and O–H groups in total. The average Bonchev–Trinajstić information content (AvgIpc) is 2.29. The Balaban J connectivity index is 2.26.